The van der Waals surface area contributed by atoms with Crippen LogP contribution in [0.25, 0.3) is 0 Å². The molecule has 0 aliphatic carbocycles. The Bertz CT molecular complexity index is 905. The molecule has 11 heteroatoms. The second-order valence-electron chi connectivity index (χ2n) is 6.00. The van der Waals surface area contributed by atoms with Gasteiger partial charge in [-0.25, -0.2) is 23.1 Å². The van der Waals surface area contributed by atoms with Crippen LogP contribution < -0.4 is 10.5 Å². The second kappa shape index (κ2) is 7.21. The molecule has 1 aliphatic heterocycles. The van der Waals surface area contributed by atoms with E-state index in [1.54, 1.807) is 0 Å². The minimum atomic E-state index is -4.87. The van der Waals surface area contributed by atoms with E-state index in [1.807, 2.05) is 0 Å². The van der Waals surface area contributed by atoms with Gasteiger partial charge < -0.3 is 15.2 Å². The summed E-state index contributed by atoms with van der Waals surface area (Å²) in [5.74, 6) is -2.48. The first-order valence-corrected chi connectivity index (χ1v) is 7.88. The number of benzene rings is 1. The Hall–Kier alpha value is -2.98. The molecule has 0 spiro atoms. The summed E-state index contributed by atoms with van der Waals surface area (Å²) in [7, 11) is 0. The van der Waals surface area contributed by atoms with Crippen molar-refractivity contribution in [1.82, 2.24) is 4.98 Å². The highest BCUT2D eigenvalue weighted by atomic mass is 19.4. The van der Waals surface area contributed by atoms with Crippen LogP contribution in [-0.2, 0) is 10.3 Å². The Morgan fingerprint density at radius 3 is 2.61 bits per heavy atom. The van der Waals surface area contributed by atoms with Gasteiger partial charge in [0, 0.05) is 18.2 Å². The quantitative estimate of drug-likeness (QED) is 0.782. The summed E-state index contributed by atoms with van der Waals surface area (Å²) in [5.41, 5.74) is 2.47. The van der Waals surface area contributed by atoms with Crippen LogP contribution in [0.15, 0.2) is 41.5 Å². The average Bonchev–Trinajstić information content (AvgIpc) is 2.63. The average molecular weight is 405 g/mol. The molecule has 3 rings (SSSR count). The molecule has 1 aliphatic rings. The van der Waals surface area contributed by atoms with E-state index < -0.39 is 60.0 Å². The largest absolute Gasteiger partial charge is 0.452 e. The fraction of sp³-hybridized carbons (Fsp3) is 0.294. The SMILES string of the molecule is NC1=NC(CF)(c2cc(Oc3ncccc3F)ccc2F)CC(C(F)(F)F)O1. The topological polar surface area (TPSA) is 69.7 Å². The Labute approximate surface area is 154 Å². The maximum atomic E-state index is 14.4. The Morgan fingerprint density at radius 2 is 1.96 bits per heavy atom. The van der Waals surface area contributed by atoms with Crippen LogP contribution in [0.1, 0.15) is 12.0 Å². The normalized spacial score (nSPS) is 22.4. The zero-order valence-corrected chi connectivity index (χ0v) is 14.0. The van der Waals surface area contributed by atoms with E-state index >= 15 is 0 Å². The molecule has 0 saturated carbocycles. The predicted octanol–water partition coefficient (Wildman–Crippen LogP) is 3.98. The first-order valence-electron chi connectivity index (χ1n) is 7.88. The lowest BCUT2D eigenvalue weighted by atomic mass is 9.84. The molecule has 1 aromatic carbocycles. The van der Waals surface area contributed by atoms with E-state index in [4.69, 9.17) is 10.5 Å². The molecule has 1 aromatic heterocycles. The number of pyridine rings is 1. The van der Waals surface area contributed by atoms with Crippen molar-refractivity contribution in [2.45, 2.75) is 24.2 Å². The van der Waals surface area contributed by atoms with Gasteiger partial charge in [-0.2, -0.15) is 13.2 Å². The maximum absolute atomic E-state index is 14.4. The van der Waals surface area contributed by atoms with Gasteiger partial charge in [-0.3, -0.25) is 0 Å². The van der Waals surface area contributed by atoms with Crippen molar-refractivity contribution in [3.05, 3.63) is 53.7 Å². The number of hydrogen-bond acceptors (Lipinski definition) is 5. The fourth-order valence-electron chi connectivity index (χ4n) is 2.77. The van der Waals surface area contributed by atoms with Crippen molar-refractivity contribution in [2.75, 3.05) is 6.67 Å². The predicted molar refractivity (Wildman–Crippen MR) is 85.5 cm³/mol. The smallest absolute Gasteiger partial charge is 0.425 e. The van der Waals surface area contributed by atoms with Gasteiger partial charge in [-0.05, 0) is 30.3 Å². The van der Waals surface area contributed by atoms with Gasteiger partial charge in [-0.1, -0.05) is 0 Å². The van der Waals surface area contributed by atoms with Crippen molar-refractivity contribution in [3.8, 4) is 11.6 Å². The number of nitrogens with zero attached hydrogens (tertiary/aromatic N) is 2. The van der Waals surface area contributed by atoms with Gasteiger partial charge in [-0.15, -0.1) is 0 Å². The summed E-state index contributed by atoms with van der Waals surface area (Å²) in [4.78, 5) is 7.26. The molecule has 0 amide bonds. The van der Waals surface area contributed by atoms with Gasteiger partial charge in [0.2, 0.25) is 0 Å². The van der Waals surface area contributed by atoms with E-state index in [0.717, 1.165) is 24.3 Å². The number of aliphatic imine (C=N–C) groups is 1. The van der Waals surface area contributed by atoms with Crippen LogP contribution >= 0.6 is 0 Å². The number of aromatic nitrogens is 1. The number of ether oxygens (including phenoxy) is 2. The Kier molecular flexibility index (Phi) is 5.09. The maximum Gasteiger partial charge on any atom is 0.425 e. The molecule has 2 unspecified atom stereocenters. The summed E-state index contributed by atoms with van der Waals surface area (Å²) in [6.07, 6.45) is -7.14. The molecule has 0 saturated heterocycles. The number of rotatable bonds is 4. The van der Waals surface area contributed by atoms with Crippen LogP contribution in [0, 0.1) is 11.6 Å². The molecule has 0 bridgehead atoms. The molecule has 2 N–H and O–H groups in total. The van der Waals surface area contributed by atoms with E-state index in [9.17, 15) is 26.3 Å². The number of hydrogen-bond donors (Lipinski definition) is 1. The first-order chi connectivity index (χ1) is 13.1. The zero-order valence-electron chi connectivity index (χ0n) is 14.0. The monoisotopic (exact) mass is 405 g/mol. The number of halogens is 6. The van der Waals surface area contributed by atoms with Crippen molar-refractivity contribution < 1.29 is 35.8 Å². The van der Waals surface area contributed by atoms with E-state index in [-0.39, 0.29) is 5.75 Å². The summed E-state index contributed by atoms with van der Waals surface area (Å²) in [5, 5.41) is 0. The van der Waals surface area contributed by atoms with Gasteiger partial charge in [0.1, 0.15) is 23.8 Å². The summed E-state index contributed by atoms with van der Waals surface area (Å²) in [6.45, 7) is -1.48. The lowest BCUT2D eigenvalue weighted by molar-refractivity contribution is -0.209. The lowest BCUT2D eigenvalue weighted by Gasteiger charge is -2.36. The van der Waals surface area contributed by atoms with Crippen LogP contribution in [0.4, 0.5) is 26.3 Å². The van der Waals surface area contributed by atoms with Gasteiger partial charge in [0.05, 0.1) is 0 Å². The third kappa shape index (κ3) is 3.82. The van der Waals surface area contributed by atoms with Crippen LogP contribution in [0.3, 0.4) is 0 Å². The highest BCUT2D eigenvalue weighted by molar-refractivity contribution is 5.73. The second-order valence-corrected chi connectivity index (χ2v) is 6.00. The van der Waals surface area contributed by atoms with E-state index in [2.05, 4.69) is 14.7 Å². The fourth-order valence-corrected chi connectivity index (χ4v) is 2.77. The highest BCUT2D eigenvalue weighted by Crippen LogP contribution is 2.42. The van der Waals surface area contributed by atoms with Crippen LogP contribution in [0.2, 0.25) is 0 Å². The standard InChI is InChI=1S/C17H13F6N3O2/c18-8-16(7-13(17(21,22)23)28-15(24)26-16)10-6-9(3-4-11(10)19)27-14-12(20)2-1-5-25-14/h1-6,13H,7-8H2,(H2,24,26). The van der Waals surface area contributed by atoms with Crippen molar-refractivity contribution in [1.29, 1.82) is 0 Å². The molecule has 28 heavy (non-hydrogen) atoms. The molecular weight excluding hydrogens is 392 g/mol. The van der Waals surface area contributed by atoms with Crippen molar-refractivity contribution in [3.63, 3.8) is 0 Å². The molecular formula is C17H13F6N3O2. The van der Waals surface area contributed by atoms with Crippen LogP contribution in [0.5, 0.6) is 11.6 Å². The third-order valence-electron chi connectivity index (χ3n) is 4.07. The van der Waals surface area contributed by atoms with Crippen molar-refractivity contribution in [2.24, 2.45) is 10.7 Å². The van der Waals surface area contributed by atoms with Gasteiger partial charge in [0.15, 0.2) is 11.9 Å². The van der Waals surface area contributed by atoms with Crippen molar-refractivity contribution >= 4 is 6.02 Å². The summed E-state index contributed by atoms with van der Waals surface area (Å²) >= 11 is 0. The Balaban J connectivity index is 2.03. The Morgan fingerprint density at radius 1 is 1.21 bits per heavy atom. The highest BCUT2D eigenvalue weighted by Gasteiger charge is 2.52. The minimum absolute atomic E-state index is 0.175. The first kappa shape index (κ1) is 19.8. The molecule has 2 atom stereocenters. The van der Waals surface area contributed by atoms with Gasteiger partial charge >= 0.3 is 6.18 Å². The molecule has 2 aromatic rings. The van der Waals surface area contributed by atoms with Gasteiger partial charge in [0.25, 0.3) is 11.9 Å². The van der Waals surface area contributed by atoms with E-state index in [0.29, 0.717) is 0 Å². The number of alkyl halides is 4. The minimum Gasteiger partial charge on any atom is -0.452 e. The summed E-state index contributed by atoms with van der Waals surface area (Å²) < 4.78 is 90.9. The molecule has 150 valence electrons. The number of amidine groups is 1. The third-order valence-corrected chi connectivity index (χ3v) is 4.07. The molecule has 0 radical (unpaired) electrons. The molecule has 0 fully saturated rings. The number of nitrogens with two attached hydrogens (primary N) is 1. The molecule has 5 nitrogen and oxygen atoms in total. The molecule has 2 heterocycles. The lowest BCUT2D eigenvalue weighted by Crippen LogP contribution is -2.48. The summed E-state index contributed by atoms with van der Waals surface area (Å²) in [6, 6.07) is 4.31. The van der Waals surface area contributed by atoms with Crippen LogP contribution in [-0.4, -0.2) is 30.0 Å². The zero-order chi connectivity index (χ0) is 20.5. The van der Waals surface area contributed by atoms with E-state index in [1.165, 1.54) is 12.3 Å².